The average molecular weight is 399 g/mol. The Bertz CT molecular complexity index is 1150. The molecule has 2 heterocycles. The average Bonchev–Trinajstić information content (AvgIpc) is 3.08. The quantitative estimate of drug-likeness (QED) is 0.540. The molecule has 0 bridgehead atoms. The van der Waals surface area contributed by atoms with Gasteiger partial charge in [0.25, 0.3) is 5.91 Å². The zero-order chi connectivity index (χ0) is 18.8. The molecule has 2 aromatic carbocycles. The normalized spacial score (nSPS) is 10.9. The molecule has 0 unspecified atom stereocenters. The smallest absolute Gasteiger partial charge is 0.259 e. The SMILES string of the molecule is O=C(Nc1nnc(Cc2cccc(Cl)c2)s1)c1cnc2c(F)cccc2c1. The summed E-state index contributed by atoms with van der Waals surface area (Å²) < 4.78 is 13.7. The van der Waals surface area contributed by atoms with Crippen LogP contribution >= 0.6 is 22.9 Å². The molecule has 0 atom stereocenters. The lowest BCUT2D eigenvalue weighted by Crippen LogP contribution is -2.12. The standard InChI is InChI=1S/C19H12ClFN4OS/c20-14-5-1-3-11(7-14)8-16-24-25-19(27-16)23-18(26)13-9-12-4-2-6-15(21)17(12)22-10-13/h1-7,9-10H,8H2,(H,23,25,26). The van der Waals surface area contributed by atoms with E-state index in [-0.39, 0.29) is 11.4 Å². The fraction of sp³-hybridized carbons (Fsp3) is 0.0526. The van der Waals surface area contributed by atoms with E-state index in [0.29, 0.717) is 27.5 Å². The van der Waals surface area contributed by atoms with Crippen LogP contribution in [0.5, 0.6) is 0 Å². The summed E-state index contributed by atoms with van der Waals surface area (Å²) >= 11 is 7.27. The van der Waals surface area contributed by atoms with E-state index < -0.39 is 5.82 Å². The van der Waals surface area contributed by atoms with E-state index in [9.17, 15) is 9.18 Å². The number of anilines is 1. The Morgan fingerprint density at radius 2 is 2.00 bits per heavy atom. The number of halogens is 2. The van der Waals surface area contributed by atoms with E-state index in [1.165, 1.54) is 23.6 Å². The Balaban J connectivity index is 1.49. The Labute approximate surface area is 162 Å². The van der Waals surface area contributed by atoms with Gasteiger partial charge in [0.1, 0.15) is 16.3 Å². The maximum absolute atomic E-state index is 13.7. The topological polar surface area (TPSA) is 67.8 Å². The predicted molar refractivity (Wildman–Crippen MR) is 104 cm³/mol. The number of para-hydroxylation sites is 1. The lowest BCUT2D eigenvalue weighted by molar-refractivity contribution is 0.102. The highest BCUT2D eigenvalue weighted by Gasteiger charge is 2.13. The van der Waals surface area contributed by atoms with Crippen LogP contribution in [0.3, 0.4) is 0 Å². The first-order valence-electron chi connectivity index (χ1n) is 8.01. The van der Waals surface area contributed by atoms with Crippen molar-refractivity contribution in [2.75, 3.05) is 5.32 Å². The molecule has 0 aliphatic carbocycles. The van der Waals surface area contributed by atoms with E-state index in [4.69, 9.17) is 11.6 Å². The summed E-state index contributed by atoms with van der Waals surface area (Å²) in [7, 11) is 0. The Hall–Kier alpha value is -2.90. The monoisotopic (exact) mass is 398 g/mol. The molecule has 0 saturated heterocycles. The van der Waals surface area contributed by atoms with Crippen molar-refractivity contribution in [2.24, 2.45) is 0 Å². The number of carbonyl (C=O) groups excluding carboxylic acids is 1. The molecule has 134 valence electrons. The number of aromatic nitrogens is 3. The highest BCUT2D eigenvalue weighted by Crippen LogP contribution is 2.22. The minimum atomic E-state index is -0.422. The summed E-state index contributed by atoms with van der Waals surface area (Å²) in [6.07, 6.45) is 1.92. The second kappa shape index (κ2) is 7.38. The summed E-state index contributed by atoms with van der Waals surface area (Å²) in [5.41, 5.74) is 1.56. The van der Waals surface area contributed by atoms with Crippen molar-refractivity contribution >= 4 is 44.9 Å². The van der Waals surface area contributed by atoms with Crippen LogP contribution in [0.4, 0.5) is 9.52 Å². The molecule has 0 spiro atoms. The molecule has 0 radical (unpaired) electrons. The summed E-state index contributed by atoms with van der Waals surface area (Å²) in [4.78, 5) is 16.5. The minimum absolute atomic E-state index is 0.230. The van der Waals surface area contributed by atoms with Gasteiger partial charge in [0.2, 0.25) is 5.13 Å². The molecule has 8 heteroatoms. The summed E-state index contributed by atoms with van der Waals surface area (Å²) in [6.45, 7) is 0. The summed E-state index contributed by atoms with van der Waals surface area (Å²) in [6, 6.07) is 13.7. The molecule has 27 heavy (non-hydrogen) atoms. The predicted octanol–water partition coefficient (Wildman–Crippen LogP) is 4.72. The number of rotatable bonds is 4. The molecule has 0 aliphatic heterocycles. The highest BCUT2D eigenvalue weighted by molar-refractivity contribution is 7.15. The summed E-state index contributed by atoms with van der Waals surface area (Å²) in [5, 5.41) is 13.2. The number of hydrogen-bond donors (Lipinski definition) is 1. The second-order valence-corrected chi connectivity index (χ2v) is 7.30. The van der Waals surface area contributed by atoms with Gasteiger partial charge in [-0.25, -0.2) is 4.39 Å². The van der Waals surface area contributed by atoms with Crippen molar-refractivity contribution in [3.63, 3.8) is 0 Å². The fourth-order valence-electron chi connectivity index (χ4n) is 2.61. The molecule has 4 aromatic rings. The van der Waals surface area contributed by atoms with Gasteiger partial charge in [-0.3, -0.25) is 15.1 Å². The van der Waals surface area contributed by atoms with Gasteiger partial charge >= 0.3 is 0 Å². The Morgan fingerprint density at radius 3 is 2.85 bits per heavy atom. The number of carbonyl (C=O) groups is 1. The number of nitrogens with one attached hydrogen (secondary N) is 1. The number of amides is 1. The number of hydrogen-bond acceptors (Lipinski definition) is 5. The van der Waals surface area contributed by atoms with E-state index in [1.54, 1.807) is 24.3 Å². The molecule has 0 fully saturated rings. The molecule has 0 aliphatic rings. The van der Waals surface area contributed by atoms with Gasteiger partial charge in [0.05, 0.1) is 5.56 Å². The lowest BCUT2D eigenvalue weighted by atomic mass is 10.1. The van der Waals surface area contributed by atoms with Crippen molar-refractivity contribution in [1.82, 2.24) is 15.2 Å². The van der Waals surface area contributed by atoms with Gasteiger partial charge in [-0.1, -0.05) is 47.2 Å². The Morgan fingerprint density at radius 1 is 1.15 bits per heavy atom. The molecule has 2 aromatic heterocycles. The number of benzene rings is 2. The lowest BCUT2D eigenvalue weighted by Gasteiger charge is -2.03. The van der Waals surface area contributed by atoms with Crippen LogP contribution < -0.4 is 5.32 Å². The van der Waals surface area contributed by atoms with Crippen LogP contribution in [0.25, 0.3) is 10.9 Å². The molecule has 1 amide bonds. The van der Waals surface area contributed by atoms with Crippen molar-refractivity contribution in [1.29, 1.82) is 0 Å². The zero-order valence-corrected chi connectivity index (χ0v) is 15.4. The Kier molecular flexibility index (Phi) is 4.79. The number of nitrogens with zero attached hydrogens (tertiary/aromatic N) is 3. The first kappa shape index (κ1) is 17.5. The highest BCUT2D eigenvalue weighted by atomic mass is 35.5. The molecule has 4 rings (SSSR count). The third-order valence-electron chi connectivity index (χ3n) is 3.86. The van der Waals surface area contributed by atoms with E-state index in [2.05, 4.69) is 20.5 Å². The molecule has 0 saturated carbocycles. The van der Waals surface area contributed by atoms with Crippen molar-refractivity contribution in [2.45, 2.75) is 6.42 Å². The first-order chi connectivity index (χ1) is 13.1. The largest absolute Gasteiger partial charge is 0.296 e. The van der Waals surface area contributed by atoms with Crippen LogP contribution in [-0.2, 0) is 6.42 Å². The maximum atomic E-state index is 13.7. The van der Waals surface area contributed by atoms with Crippen LogP contribution in [-0.4, -0.2) is 21.1 Å². The van der Waals surface area contributed by atoms with Gasteiger partial charge < -0.3 is 0 Å². The molecule has 5 nitrogen and oxygen atoms in total. The van der Waals surface area contributed by atoms with Gasteiger partial charge in [0.15, 0.2) is 0 Å². The second-order valence-electron chi connectivity index (χ2n) is 5.80. The van der Waals surface area contributed by atoms with Crippen molar-refractivity contribution < 1.29 is 9.18 Å². The molecule has 1 N–H and O–H groups in total. The van der Waals surface area contributed by atoms with Crippen molar-refractivity contribution in [3.05, 3.63) is 81.7 Å². The number of pyridine rings is 1. The number of fused-ring (bicyclic) bond motifs is 1. The van der Waals surface area contributed by atoms with Gasteiger partial charge in [-0.15, -0.1) is 10.2 Å². The fourth-order valence-corrected chi connectivity index (χ4v) is 3.60. The van der Waals surface area contributed by atoms with Crippen LogP contribution in [0.15, 0.2) is 54.7 Å². The van der Waals surface area contributed by atoms with Gasteiger partial charge in [-0.05, 0) is 29.8 Å². The van der Waals surface area contributed by atoms with Gasteiger partial charge in [-0.2, -0.15) is 0 Å². The zero-order valence-electron chi connectivity index (χ0n) is 13.8. The van der Waals surface area contributed by atoms with Crippen molar-refractivity contribution in [3.8, 4) is 0 Å². The van der Waals surface area contributed by atoms with E-state index >= 15 is 0 Å². The van der Waals surface area contributed by atoms with Crippen LogP contribution in [0, 0.1) is 5.82 Å². The molecular formula is C19H12ClFN4OS. The van der Waals surface area contributed by atoms with Gasteiger partial charge in [0, 0.05) is 23.0 Å². The minimum Gasteiger partial charge on any atom is -0.296 e. The van der Waals surface area contributed by atoms with Crippen LogP contribution in [0.2, 0.25) is 5.02 Å². The van der Waals surface area contributed by atoms with Crippen LogP contribution in [0.1, 0.15) is 20.9 Å². The van der Waals surface area contributed by atoms with E-state index in [1.807, 2.05) is 18.2 Å². The molecular weight excluding hydrogens is 387 g/mol. The summed E-state index contributed by atoms with van der Waals surface area (Å²) in [5.74, 6) is -0.798. The van der Waals surface area contributed by atoms with E-state index in [0.717, 1.165) is 10.6 Å². The third kappa shape index (κ3) is 3.94. The third-order valence-corrected chi connectivity index (χ3v) is 4.93. The first-order valence-corrected chi connectivity index (χ1v) is 9.20. The maximum Gasteiger partial charge on any atom is 0.259 e.